The Morgan fingerprint density at radius 1 is 0.971 bits per heavy atom. The van der Waals surface area contributed by atoms with E-state index in [1.165, 1.54) is 18.4 Å². The van der Waals surface area contributed by atoms with Gasteiger partial charge in [0, 0.05) is 6.42 Å². The van der Waals surface area contributed by atoms with Gasteiger partial charge in [0.25, 0.3) is 0 Å². The largest absolute Gasteiger partial charge is 0.481 e. The maximum Gasteiger partial charge on any atom is 0.303 e. The van der Waals surface area contributed by atoms with Crippen molar-refractivity contribution in [3.8, 4) is 0 Å². The third kappa shape index (κ3) is 4.27. The van der Waals surface area contributed by atoms with Crippen LogP contribution in [0.15, 0.2) is 30.3 Å². The monoisotopic (exact) mass is 482 g/mol. The summed E-state index contributed by atoms with van der Waals surface area (Å²) in [7, 11) is 0. The van der Waals surface area contributed by atoms with Crippen LogP contribution in [0.4, 0.5) is 0 Å². The van der Waals surface area contributed by atoms with Crippen LogP contribution in [0.5, 0.6) is 0 Å². The third-order valence-electron chi connectivity index (χ3n) is 11.8. The second-order valence-corrected chi connectivity index (χ2v) is 13.3. The molecule has 0 aromatic heterocycles. The first-order valence-corrected chi connectivity index (χ1v) is 14.3. The molecule has 0 amide bonds. The van der Waals surface area contributed by atoms with Gasteiger partial charge < -0.3 is 15.3 Å². The lowest BCUT2D eigenvalue weighted by atomic mass is 9.41. The summed E-state index contributed by atoms with van der Waals surface area (Å²) in [6.07, 6.45) is 8.81. The molecule has 1 aromatic rings. The van der Waals surface area contributed by atoms with Gasteiger partial charge in [-0.2, -0.15) is 0 Å². The maximum absolute atomic E-state index is 12.2. The van der Waals surface area contributed by atoms with Gasteiger partial charge in [0.05, 0.1) is 12.2 Å². The fourth-order valence-electron chi connectivity index (χ4n) is 10.1. The second-order valence-electron chi connectivity index (χ2n) is 13.3. The molecule has 194 valence electrons. The zero-order chi connectivity index (χ0) is 25.0. The Morgan fingerprint density at radius 3 is 2.37 bits per heavy atom. The molecule has 11 atom stereocenters. The molecule has 3 N–H and O–H groups in total. The fourth-order valence-corrected chi connectivity index (χ4v) is 10.1. The molecule has 0 spiro atoms. The molecule has 5 rings (SSSR count). The van der Waals surface area contributed by atoms with Gasteiger partial charge in [-0.3, -0.25) is 4.79 Å². The van der Waals surface area contributed by atoms with Crippen molar-refractivity contribution in [3.63, 3.8) is 0 Å². The number of aliphatic hydroxyl groups is 2. The van der Waals surface area contributed by atoms with Gasteiger partial charge in [0.2, 0.25) is 0 Å². The minimum Gasteiger partial charge on any atom is -0.481 e. The summed E-state index contributed by atoms with van der Waals surface area (Å²) < 4.78 is 0. The van der Waals surface area contributed by atoms with Crippen LogP contribution in [0.3, 0.4) is 0 Å². The lowest BCUT2D eigenvalue weighted by Gasteiger charge is -2.65. The number of rotatable bonds is 6. The van der Waals surface area contributed by atoms with E-state index in [1.54, 1.807) is 0 Å². The average molecular weight is 483 g/mol. The highest BCUT2D eigenvalue weighted by Crippen LogP contribution is 2.69. The van der Waals surface area contributed by atoms with Crippen LogP contribution >= 0.6 is 0 Å². The summed E-state index contributed by atoms with van der Waals surface area (Å²) in [5.41, 5.74) is 1.66. The number of carboxylic acid groups (broad SMARTS) is 1. The zero-order valence-corrected chi connectivity index (χ0v) is 21.9. The molecule has 35 heavy (non-hydrogen) atoms. The molecule has 4 nitrogen and oxygen atoms in total. The number of hydrogen-bond donors (Lipinski definition) is 3. The van der Waals surface area contributed by atoms with E-state index in [1.807, 2.05) is 0 Å². The molecule has 0 heterocycles. The predicted molar refractivity (Wildman–Crippen MR) is 138 cm³/mol. The molecular formula is C31H46O4. The number of carbonyl (C=O) groups is 1. The number of hydrogen-bond acceptors (Lipinski definition) is 3. The van der Waals surface area contributed by atoms with Crippen molar-refractivity contribution in [1.82, 2.24) is 0 Å². The summed E-state index contributed by atoms with van der Waals surface area (Å²) >= 11 is 0. The van der Waals surface area contributed by atoms with Gasteiger partial charge >= 0.3 is 5.97 Å². The highest BCUT2D eigenvalue weighted by atomic mass is 16.4. The highest BCUT2D eigenvalue weighted by Gasteiger charge is 2.65. The Bertz CT molecular complexity index is 901. The summed E-state index contributed by atoms with van der Waals surface area (Å²) in [5.74, 6) is 2.16. The molecule has 4 aliphatic carbocycles. The molecule has 4 saturated carbocycles. The van der Waals surface area contributed by atoms with Crippen molar-refractivity contribution in [2.45, 2.75) is 97.2 Å². The Balaban J connectivity index is 1.46. The van der Waals surface area contributed by atoms with E-state index in [4.69, 9.17) is 0 Å². The smallest absolute Gasteiger partial charge is 0.303 e. The van der Waals surface area contributed by atoms with E-state index in [9.17, 15) is 20.1 Å². The van der Waals surface area contributed by atoms with Crippen LogP contribution in [0, 0.1) is 52.3 Å². The summed E-state index contributed by atoms with van der Waals surface area (Å²) in [6.45, 7) is 7.24. The Morgan fingerprint density at radius 2 is 1.66 bits per heavy atom. The first kappa shape index (κ1) is 25.3. The van der Waals surface area contributed by atoms with Crippen LogP contribution in [0.1, 0.15) is 84.1 Å². The van der Waals surface area contributed by atoms with Crippen LogP contribution in [0.25, 0.3) is 0 Å². The first-order chi connectivity index (χ1) is 16.6. The summed E-state index contributed by atoms with van der Waals surface area (Å²) in [6, 6.07) is 10.6. The molecular weight excluding hydrogens is 436 g/mol. The normalized spacial score (nSPS) is 45.7. The van der Waals surface area contributed by atoms with Gasteiger partial charge in [-0.25, -0.2) is 0 Å². The summed E-state index contributed by atoms with van der Waals surface area (Å²) in [5, 5.41) is 32.1. The number of aliphatic carboxylic acids is 1. The average Bonchev–Trinajstić information content (AvgIpc) is 3.19. The number of fused-ring (bicyclic) bond motifs is 5. The predicted octanol–water partition coefficient (Wildman–Crippen LogP) is 5.95. The molecule has 0 radical (unpaired) electrons. The van der Waals surface area contributed by atoms with Crippen molar-refractivity contribution in [1.29, 1.82) is 0 Å². The van der Waals surface area contributed by atoms with Crippen molar-refractivity contribution < 1.29 is 20.1 Å². The quantitative estimate of drug-likeness (QED) is 0.468. The van der Waals surface area contributed by atoms with Gasteiger partial charge in [-0.05, 0) is 116 Å². The van der Waals surface area contributed by atoms with E-state index in [0.29, 0.717) is 35.5 Å². The van der Waals surface area contributed by atoms with E-state index in [-0.39, 0.29) is 35.4 Å². The molecule has 0 bridgehead atoms. The second kappa shape index (κ2) is 9.49. The van der Waals surface area contributed by atoms with Crippen LogP contribution in [-0.2, 0) is 11.2 Å². The minimum atomic E-state index is -0.690. The SMILES string of the molecule is C[C@H](CCC(=O)O)[C@H]1CC[C@H]2[C@@H]3[C@H](O)[C@H](Cc4ccccc4)[C@@H]4C[C@H](O)CC[C@]4(C)[C@H]3CC[C@]12C. The molecule has 4 heteroatoms. The van der Waals surface area contributed by atoms with Crippen LogP contribution in [0.2, 0.25) is 0 Å². The molecule has 4 aliphatic rings. The first-order valence-electron chi connectivity index (χ1n) is 14.3. The lowest BCUT2D eigenvalue weighted by Crippen LogP contribution is -2.62. The van der Waals surface area contributed by atoms with Crippen molar-refractivity contribution in [2.75, 3.05) is 0 Å². The molecule has 0 unspecified atom stereocenters. The van der Waals surface area contributed by atoms with E-state index in [0.717, 1.165) is 44.9 Å². The molecule has 0 saturated heterocycles. The van der Waals surface area contributed by atoms with E-state index in [2.05, 4.69) is 51.1 Å². The van der Waals surface area contributed by atoms with Gasteiger partial charge in [0.15, 0.2) is 0 Å². The van der Waals surface area contributed by atoms with Crippen molar-refractivity contribution in [2.24, 2.45) is 52.3 Å². The van der Waals surface area contributed by atoms with Gasteiger partial charge in [-0.1, -0.05) is 51.1 Å². The van der Waals surface area contributed by atoms with Gasteiger partial charge in [0.1, 0.15) is 0 Å². The number of benzene rings is 1. The zero-order valence-electron chi connectivity index (χ0n) is 21.9. The fraction of sp³-hybridized carbons (Fsp3) is 0.774. The highest BCUT2D eigenvalue weighted by molar-refractivity contribution is 5.66. The maximum atomic E-state index is 12.2. The number of carboxylic acids is 1. The minimum absolute atomic E-state index is 0.177. The Hall–Kier alpha value is -1.39. The molecule has 4 fully saturated rings. The molecule has 1 aromatic carbocycles. The number of aliphatic hydroxyl groups excluding tert-OH is 2. The van der Waals surface area contributed by atoms with Crippen molar-refractivity contribution in [3.05, 3.63) is 35.9 Å². The molecule has 0 aliphatic heterocycles. The topological polar surface area (TPSA) is 77.8 Å². The van der Waals surface area contributed by atoms with E-state index < -0.39 is 5.97 Å². The summed E-state index contributed by atoms with van der Waals surface area (Å²) in [4.78, 5) is 11.2. The van der Waals surface area contributed by atoms with Gasteiger partial charge in [-0.15, -0.1) is 0 Å². The Labute approximate surface area is 211 Å². The lowest BCUT2D eigenvalue weighted by molar-refractivity contribution is -0.202. The van der Waals surface area contributed by atoms with Crippen LogP contribution in [-0.4, -0.2) is 33.5 Å². The van der Waals surface area contributed by atoms with E-state index >= 15 is 0 Å². The van der Waals surface area contributed by atoms with Crippen molar-refractivity contribution >= 4 is 5.97 Å². The Kier molecular flexibility index (Phi) is 6.85. The third-order valence-corrected chi connectivity index (χ3v) is 11.8. The van der Waals surface area contributed by atoms with Crippen LogP contribution < -0.4 is 0 Å². The standard InChI is InChI=1S/C31H46O4/c1-19(9-12-27(33)34)23-10-11-24-28-25(14-16-30(23,24)2)31(3)15-13-21(32)18-26(31)22(29(28)35)17-20-7-5-4-6-8-20/h4-8,19,21-26,28-29,32,35H,9-18H2,1-3H3,(H,33,34)/t19-,21-,22-,23-,24+,25+,26+,28+,29-,30-,31-/m1/s1.